The lowest BCUT2D eigenvalue weighted by atomic mass is 10.2. The molecule has 0 radical (unpaired) electrons. The number of aryl methyl sites for hydroxylation is 1. The average molecular weight is 369 g/mol. The molecular formula is C20H20FN3O3. The summed E-state index contributed by atoms with van der Waals surface area (Å²) < 4.78 is 26.5. The Balaban J connectivity index is 1.54. The minimum Gasteiger partial charge on any atom is -0.493 e. The Kier molecular flexibility index (Phi) is 5.71. The lowest BCUT2D eigenvalue weighted by Crippen LogP contribution is -2.28. The van der Waals surface area contributed by atoms with E-state index in [0.29, 0.717) is 22.7 Å². The Labute approximate surface area is 156 Å². The number of methoxy groups -OCH3 is 1. The van der Waals surface area contributed by atoms with E-state index in [2.05, 4.69) is 10.3 Å². The highest BCUT2D eigenvalue weighted by Crippen LogP contribution is 2.27. The third-order valence-electron chi connectivity index (χ3n) is 3.96. The van der Waals surface area contributed by atoms with E-state index in [9.17, 15) is 9.18 Å². The summed E-state index contributed by atoms with van der Waals surface area (Å²) in [7, 11) is 1.55. The van der Waals surface area contributed by atoms with Gasteiger partial charge in [-0.15, -0.1) is 0 Å². The van der Waals surface area contributed by atoms with E-state index >= 15 is 0 Å². The number of halogens is 1. The fraction of sp³-hybridized carbons (Fsp3) is 0.200. The summed E-state index contributed by atoms with van der Waals surface area (Å²) in [5.41, 5.74) is 2.08. The first-order valence-corrected chi connectivity index (χ1v) is 8.37. The molecule has 6 nitrogen and oxygen atoms in total. The van der Waals surface area contributed by atoms with Crippen LogP contribution in [0, 0.1) is 12.7 Å². The molecule has 0 fully saturated rings. The first kappa shape index (κ1) is 18.4. The molecule has 0 aliphatic heterocycles. The summed E-state index contributed by atoms with van der Waals surface area (Å²) in [4.78, 5) is 15.9. The maximum absolute atomic E-state index is 14.2. The molecule has 0 bridgehead atoms. The maximum atomic E-state index is 14.2. The smallest absolute Gasteiger partial charge is 0.258 e. The first-order valence-electron chi connectivity index (χ1n) is 8.37. The molecule has 2 aromatic carbocycles. The number of benzene rings is 2. The van der Waals surface area contributed by atoms with Crippen LogP contribution in [0.2, 0.25) is 0 Å². The quantitative estimate of drug-likeness (QED) is 0.695. The molecule has 0 atom stereocenters. The van der Waals surface area contributed by atoms with E-state index < -0.39 is 0 Å². The van der Waals surface area contributed by atoms with Crippen LogP contribution in [0.4, 0.5) is 4.39 Å². The average Bonchev–Trinajstić information content (AvgIpc) is 3.19. The molecule has 0 aliphatic rings. The second kappa shape index (κ2) is 8.35. The lowest BCUT2D eigenvalue weighted by Gasteiger charge is -2.12. The highest BCUT2D eigenvalue weighted by molar-refractivity contribution is 5.77. The number of amides is 1. The van der Waals surface area contributed by atoms with E-state index in [1.807, 2.05) is 19.1 Å². The number of nitrogens with zero attached hydrogens (tertiary/aromatic N) is 2. The summed E-state index contributed by atoms with van der Waals surface area (Å²) >= 11 is 0. The van der Waals surface area contributed by atoms with Gasteiger partial charge in [0, 0.05) is 18.9 Å². The van der Waals surface area contributed by atoms with Gasteiger partial charge in [0.25, 0.3) is 5.91 Å². The number of imidazole rings is 1. The topological polar surface area (TPSA) is 65.4 Å². The summed E-state index contributed by atoms with van der Waals surface area (Å²) in [6.45, 7) is 1.99. The Hall–Kier alpha value is -3.35. The van der Waals surface area contributed by atoms with Gasteiger partial charge in [0.2, 0.25) is 0 Å². The molecule has 0 saturated carbocycles. The third kappa shape index (κ3) is 4.63. The molecule has 1 N–H and O–H groups in total. The Bertz CT molecular complexity index is 926. The van der Waals surface area contributed by atoms with Crippen molar-refractivity contribution in [1.29, 1.82) is 0 Å². The van der Waals surface area contributed by atoms with Crippen LogP contribution in [0.25, 0.3) is 5.69 Å². The maximum Gasteiger partial charge on any atom is 0.258 e. The number of rotatable bonds is 7. The van der Waals surface area contributed by atoms with Crippen LogP contribution in [-0.4, -0.2) is 29.2 Å². The van der Waals surface area contributed by atoms with Crippen molar-refractivity contribution in [3.8, 4) is 17.2 Å². The van der Waals surface area contributed by atoms with Crippen molar-refractivity contribution in [2.75, 3.05) is 13.7 Å². The Morgan fingerprint density at radius 3 is 2.78 bits per heavy atom. The summed E-state index contributed by atoms with van der Waals surface area (Å²) in [5.74, 6) is 0.367. The number of hydrogen-bond donors (Lipinski definition) is 1. The summed E-state index contributed by atoms with van der Waals surface area (Å²) in [6.07, 6.45) is 4.77. The Morgan fingerprint density at radius 2 is 2.07 bits per heavy atom. The molecule has 1 heterocycles. The van der Waals surface area contributed by atoms with Gasteiger partial charge in [0.15, 0.2) is 18.1 Å². The molecule has 0 saturated heterocycles. The minimum atomic E-state index is -0.389. The minimum absolute atomic E-state index is 0.158. The number of aromatic nitrogens is 2. The molecule has 1 amide bonds. The number of ether oxygens (including phenoxy) is 2. The van der Waals surface area contributed by atoms with E-state index in [1.54, 1.807) is 42.3 Å². The molecular weight excluding hydrogens is 349 g/mol. The van der Waals surface area contributed by atoms with Gasteiger partial charge in [-0.1, -0.05) is 12.1 Å². The van der Waals surface area contributed by atoms with E-state index in [1.165, 1.54) is 12.4 Å². The zero-order valence-corrected chi connectivity index (χ0v) is 15.1. The van der Waals surface area contributed by atoms with Crippen LogP contribution in [-0.2, 0) is 11.3 Å². The van der Waals surface area contributed by atoms with E-state index in [4.69, 9.17) is 9.47 Å². The van der Waals surface area contributed by atoms with Gasteiger partial charge >= 0.3 is 0 Å². The monoisotopic (exact) mass is 369 g/mol. The molecule has 3 aromatic rings. The summed E-state index contributed by atoms with van der Waals surface area (Å²) in [5, 5.41) is 2.71. The second-order valence-electron chi connectivity index (χ2n) is 5.98. The predicted octanol–water partition coefficient (Wildman–Crippen LogP) is 3.02. The van der Waals surface area contributed by atoms with Gasteiger partial charge < -0.3 is 19.4 Å². The van der Waals surface area contributed by atoms with Crippen LogP contribution in [0.1, 0.15) is 11.1 Å². The largest absolute Gasteiger partial charge is 0.493 e. The van der Waals surface area contributed by atoms with Crippen molar-refractivity contribution in [2.24, 2.45) is 0 Å². The number of carbonyl (C=O) groups is 1. The predicted molar refractivity (Wildman–Crippen MR) is 98.6 cm³/mol. The number of hydrogen-bond acceptors (Lipinski definition) is 4. The Morgan fingerprint density at radius 1 is 1.22 bits per heavy atom. The van der Waals surface area contributed by atoms with Crippen LogP contribution in [0.3, 0.4) is 0 Å². The molecule has 0 unspecified atom stereocenters. The van der Waals surface area contributed by atoms with Gasteiger partial charge in [-0.25, -0.2) is 9.37 Å². The highest BCUT2D eigenvalue weighted by Gasteiger charge is 2.09. The van der Waals surface area contributed by atoms with E-state index in [0.717, 1.165) is 5.56 Å². The SMILES string of the molecule is COc1cc(C)ccc1OCC(=O)NCc1ccc(-n2ccnc2)c(F)c1. The molecule has 3 rings (SSSR count). The van der Waals surface area contributed by atoms with E-state index in [-0.39, 0.29) is 24.9 Å². The summed E-state index contributed by atoms with van der Waals surface area (Å²) in [6, 6.07) is 10.2. The van der Waals surface area contributed by atoms with Gasteiger partial charge in [-0.05, 0) is 42.3 Å². The number of nitrogens with one attached hydrogen (secondary N) is 1. The van der Waals surface area contributed by atoms with Crippen molar-refractivity contribution in [3.63, 3.8) is 0 Å². The molecule has 27 heavy (non-hydrogen) atoms. The van der Waals surface area contributed by atoms with Gasteiger partial charge in [-0.3, -0.25) is 4.79 Å². The molecule has 7 heteroatoms. The van der Waals surface area contributed by atoms with Gasteiger partial charge in [-0.2, -0.15) is 0 Å². The number of carbonyl (C=O) groups excluding carboxylic acids is 1. The standard InChI is InChI=1S/C20H20FN3O3/c1-14-3-6-18(19(9-14)26-2)27-12-20(25)23-11-15-4-5-17(16(21)10-15)24-8-7-22-13-24/h3-10,13H,11-12H2,1-2H3,(H,23,25). The second-order valence-corrected chi connectivity index (χ2v) is 5.98. The first-order chi connectivity index (χ1) is 13.1. The normalized spacial score (nSPS) is 10.5. The van der Waals surface area contributed by atoms with Crippen molar-refractivity contribution in [2.45, 2.75) is 13.5 Å². The molecule has 0 spiro atoms. The third-order valence-corrected chi connectivity index (χ3v) is 3.96. The van der Waals surface area contributed by atoms with Crippen LogP contribution >= 0.6 is 0 Å². The van der Waals surface area contributed by atoms with Crippen LogP contribution in [0.15, 0.2) is 55.1 Å². The van der Waals surface area contributed by atoms with Gasteiger partial charge in [0.05, 0.1) is 19.1 Å². The molecule has 0 aliphatic carbocycles. The fourth-order valence-corrected chi connectivity index (χ4v) is 2.56. The van der Waals surface area contributed by atoms with Crippen molar-refractivity contribution in [1.82, 2.24) is 14.9 Å². The highest BCUT2D eigenvalue weighted by atomic mass is 19.1. The zero-order chi connectivity index (χ0) is 19.2. The van der Waals surface area contributed by atoms with Crippen molar-refractivity contribution < 1.29 is 18.7 Å². The van der Waals surface area contributed by atoms with Crippen LogP contribution < -0.4 is 14.8 Å². The fourth-order valence-electron chi connectivity index (χ4n) is 2.56. The molecule has 1 aromatic heterocycles. The zero-order valence-electron chi connectivity index (χ0n) is 15.1. The van der Waals surface area contributed by atoms with Crippen molar-refractivity contribution in [3.05, 3.63) is 72.1 Å². The van der Waals surface area contributed by atoms with Crippen LogP contribution in [0.5, 0.6) is 11.5 Å². The lowest BCUT2D eigenvalue weighted by molar-refractivity contribution is -0.123. The van der Waals surface area contributed by atoms with Gasteiger partial charge in [0.1, 0.15) is 5.82 Å². The molecule has 140 valence electrons. The van der Waals surface area contributed by atoms with Crippen molar-refractivity contribution >= 4 is 5.91 Å².